The fourth-order valence-corrected chi connectivity index (χ4v) is 4.52. The number of rotatable bonds is 6. The summed E-state index contributed by atoms with van der Waals surface area (Å²) in [6.07, 6.45) is 1.07. The normalized spacial score (nSPS) is 22.2. The number of hydrogen-bond donors (Lipinski definition) is 3. The van der Waals surface area contributed by atoms with Gasteiger partial charge in [-0.05, 0) is 31.4 Å². The molecule has 2 aliphatic rings. The van der Waals surface area contributed by atoms with Gasteiger partial charge in [0.25, 0.3) is 0 Å². The van der Waals surface area contributed by atoms with Crippen molar-refractivity contribution in [2.24, 2.45) is 0 Å². The number of hydrogen-bond acceptors (Lipinski definition) is 4. The van der Waals surface area contributed by atoms with Crippen molar-refractivity contribution in [2.75, 3.05) is 32.8 Å². The smallest absolute Gasteiger partial charge is 0.0682 e. The van der Waals surface area contributed by atoms with Crippen LogP contribution in [-0.2, 0) is 0 Å². The monoisotopic (exact) mass is 362 g/mol. The summed E-state index contributed by atoms with van der Waals surface area (Å²) in [7, 11) is 0. The summed E-state index contributed by atoms with van der Waals surface area (Å²) >= 11 is 6.89. The van der Waals surface area contributed by atoms with Gasteiger partial charge in [0.15, 0.2) is 0 Å². The molecule has 0 saturated carbocycles. The van der Waals surface area contributed by atoms with Crippen molar-refractivity contribution in [3.8, 4) is 0 Å². The van der Waals surface area contributed by atoms with Gasteiger partial charge in [0.1, 0.15) is 0 Å². The van der Waals surface area contributed by atoms with Crippen LogP contribution in [0.1, 0.15) is 38.7 Å². The van der Waals surface area contributed by atoms with Crippen molar-refractivity contribution in [1.29, 1.82) is 0 Å². The Morgan fingerprint density at radius 2 is 1.88 bits per heavy atom. The molecule has 2 fully saturated rings. The van der Waals surface area contributed by atoms with Crippen LogP contribution in [0, 0.1) is 0 Å². The molecule has 0 aromatic heterocycles. The number of allylic oxidation sites excluding steroid dienone is 1. The second-order valence-electron chi connectivity index (χ2n) is 7.43. The lowest BCUT2D eigenvalue weighted by atomic mass is 9.77. The zero-order valence-corrected chi connectivity index (χ0v) is 16.4. The molecule has 4 nitrogen and oxygen atoms in total. The van der Waals surface area contributed by atoms with Gasteiger partial charge in [-0.25, -0.2) is 0 Å². The van der Waals surface area contributed by atoms with E-state index in [4.69, 9.17) is 11.6 Å². The highest BCUT2D eigenvalue weighted by Gasteiger charge is 2.41. The Kier molecular flexibility index (Phi) is 6.18. The van der Waals surface area contributed by atoms with E-state index in [0.29, 0.717) is 0 Å². The Morgan fingerprint density at radius 3 is 2.44 bits per heavy atom. The fraction of sp³-hybridized carbons (Fsp3) is 0.600. The Bertz CT molecular complexity index is 587. The SMILES string of the molecule is CC/C(Cl)=C(\C(c1ccccc1)C1NCCN1)C(C)(C)N1CCNC1. The molecule has 0 amide bonds. The lowest BCUT2D eigenvalue weighted by Gasteiger charge is -2.43. The van der Waals surface area contributed by atoms with E-state index in [-0.39, 0.29) is 17.6 Å². The first-order valence-electron chi connectivity index (χ1n) is 9.42. The molecule has 0 bridgehead atoms. The molecule has 0 spiro atoms. The minimum Gasteiger partial charge on any atom is -0.303 e. The summed E-state index contributed by atoms with van der Waals surface area (Å²) in [5.41, 5.74) is 2.54. The van der Waals surface area contributed by atoms with Gasteiger partial charge in [-0.2, -0.15) is 0 Å². The van der Waals surface area contributed by atoms with Crippen LogP contribution >= 0.6 is 11.6 Å². The van der Waals surface area contributed by atoms with E-state index in [2.05, 4.69) is 72.0 Å². The highest BCUT2D eigenvalue weighted by atomic mass is 35.5. The molecule has 3 N–H and O–H groups in total. The van der Waals surface area contributed by atoms with E-state index in [1.807, 2.05) is 0 Å². The Morgan fingerprint density at radius 1 is 1.20 bits per heavy atom. The van der Waals surface area contributed by atoms with Gasteiger partial charge in [-0.3, -0.25) is 15.5 Å². The van der Waals surface area contributed by atoms with Crippen molar-refractivity contribution in [3.63, 3.8) is 0 Å². The van der Waals surface area contributed by atoms with Crippen molar-refractivity contribution >= 4 is 11.6 Å². The van der Waals surface area contributed by atoms with Crippen LogP contribution in [0.15, 0.2) is 40.9 Å². The van der Waals surface area contributed by atoms with Crippen LogP contribution in [0.4, 0.5) is 0 Å². The van der Waals surface area contributed by atoms with Gasteiger partial charge in [-0.15, -0.1) is 0 Å². The molecular formula is C20H31ClN4. The third-order valence-electron chi connectivity index (χ3n) is 5.57. The lowest BCUT2D eigenvalue weighted by Crippen LogP contribution is -2.50. The molecule has 5 heteroatoms. The molecule has 1 unspecified atom stereocenters. The lowest BCUT2D eigenvalue weighted by molar-refractivity contribution is 0.176. The van der Waals surface area contributed by atoms with Crippen molar-refractivity contribution in [2.45, 2.75) is 44.8 Å². The van der Waals surface area contributed by atoms with E-state index in [0.717, 1.165) is 44.3 Å². The fourth-order valence-electron chi connectivity index (χ4n) is 4.18. The molecule has 2 heterocycles. The zero-order valence-electron chi connectivity index (χ0n) is 15.6. The third-order valence-corrected chi connectivity index (χ3v) is 6.04. The zero-order chi connectivity index (χ0) is 17.9. The summed E-state index contributed by atoms with van der Waals surface area (Å²) in [6, 6.07) is 10.8. The quantitative estimate of drug-likeness (QED) is 0.727. The highest BCUT2D eigenvalue weighted by Crippen LogP contribution is 2.41. The van der Waals surface area contributed by atoms with Gasteiger partial charge >= 0.3 is 0 Å². The summed E-state index contributed by atoms with van der Waals surface area (Å²) in [6.45, 7) is 11.8. The number of benzene rings is 1. The van der Waals surface area contributed by atoms with Crippen molar-refractivity contribution in [3.05, 3.63) is 46.5 Å². The molecule has 25 heavy (non-hydrogen) atoms. The van der Waals surface area contributed by atoms with Gasteiger partial charge in [0, 0.05) is 49.3 Å². The first-order valence-corrected chi connectivity index (χ1v) is 9.80. The molecule has 2 aliphatic heterocycles. The molecular weight excluding hydrogens is 332 g/mol. The van der Waals surface area contributed by atoms with E-state index >= 15 is 0 Å². The third kappa shape index (κ3) is 3.93. The number of halogens is 1. The first kappa shape index (κ1) is 18.9. The van der Waals surface area contributed by atoms with Crippen LogP contribution in [-0.4, -0.2) is 49.5 Å². The van der Waals surface area contributed by atoms with E-state index in [1.54, 1.807) is 0 Å². The summed E-state index contributed by atoms with van der Waals surface area (Å²) in [5.74, 6) is 0.215. The maximum absolute atomic E-state index is 6.89. The van der Waals surface area contributed by atoms with Crippen LogP contribution in [0.2, 0.25) is 0 Å². The molecule has 138 valence electrons. The molecule has 0 radical (unpaired) electrons. The minimum atomic E-state index is -0.108. The molecule has 2 saturated heterocycles. The van der Waals surface area contributed by atoms with Crippen LogP contribution in [0.25, 0.3) is 0 Å². The number of nitrogens with zero attached hydrogens (tertiary/aromatic N) is 1. The largest absolute Gasteiger partial charge is 0.303 e. The second-order valence-corrected chi connectivity index (χ2v) is 7.88. The predicted octanol–water partition coefficient (Wildman–Crippen LogP) is 2.83. The summed E-state index contributed by atoms with van der Waals surface area (Å²) < 4.78 is 0. The molecule has 1 aromatic carbocycles. The average molecular weight is 363 g/mol. The van der Waals surface area contributed by atoms with Crippen LogP contribution < -0.4 is 16.0 Å². The second kappa shape index (κ2) is 8.19. The maximum atomic E-state index is 6.89. The van der Waals surface area contributed by atoms with E-state index in [9.17, 15) is 0 Å². The molecule has 1 aromatic rings. The van der Waals surface area contributed by atoms with Gasteiger partial charge in [-0.1, -0.05) is 48.9 Å². The predicted molar refractivity (Wildman–Crippen MR) is 106 cm³/mol. The topological polar surface area (TPSA) is 39.3 Å². The first-order chi connectivity index (χ1) is 12.1. The minimum absolute atomic E-state index is 0.108. The van der Waals surface area contributed by atoms with E-state index in [1.165, 1.54) is 11.1 Å². The molecule has 1 atom stereocenters. The van der Waals surface area contributed by atoms with Crippen molar-refractivity contribution in [1.82, 2.24) is 20.9 Å². The Labute approximate surface area is 157 Å². The summed E-state index contributed by atoms with van der Waals surface area (Å²) in [5, 5.41) is 11.7. The van der Waals surface area contributed by atoms with Crippen molar-refractivity contribution < 1.29 is 0 Å². The number of nitrogens with one attached hydrogen (secondary N) is 3. The average Bonchev–Trinajstić information content (AvgIpc) is 3.33. The van der Waals surface area contributed by atoms with Gasteiger partial charge in [0.2, 0.25) is 0 Å². The standard InChI is InChI=1S/C20H31ClN4/c1-4-16(21)18(20(2,3)25-13-12-22-14-25)17(19-23-10-11-24-19)15-8-6-5-7-9-15/h5-9,17,19,22-24H,4,10-14H2,1-3H3/b18-16-. The van der Waals surface area contributed by atoms with Crippen LogP contribution in [0.3, 0.4) is 0 Å². The van der Waals surface area contributed by atoms with Gasteiger partial charge < -0.3 is 5.32 Å². The summed E-state index contributed by atoms with van der Waals surface area (Å²) in [4.78, 5) is 2.51. The Hall–Kier alpha value is -0.910. The Balaban J connectivity index is 2.07. The van der Waals surface area contributed by atoms with Crippen LogP contribution in [0.5, 0.6) is 0 Å². The van der Waals surface area contributed by atoms with E-state index < -0.39 is 0 Å². The molecule has 3 rings (SSSR count). The highest BCUT2D eigenvalue weighted by molar-refractivity contribution is 6.30. The molecule has 0 aliphatic carbocycles. The van der Waals surface area contributed by atoms with Gasteiger partial charge in [0.05, 0.1) is 6.17 Å². The maximum Gasteiger partial charge on any atom is 0.0682 e.